The summed E-state index contributed by atoms with van der Waals surface area (Å²) in [5, 5.41) is 19.8. The number of aromatic nitrogens is 2. The minimum atomic E-state index is -0.419. The summed E-state index contributed by atoms with van der Waals surface area (Å²) in [5.74, 6) is -0.129. The third-order valence-electron chi connectivity index (χ3n) is 4.51. The predicted molar refractivity (Wildman–Crippen MR) is 71.0 cm³/mol. The number of nitrogens with zero attached hydrogens (tertiary/aromatic N) is 1. The number of aliphatic hydroxyl groups excluding tert-OH is 1. The molecule has 5 nitrogen and oxygen atoms in total. The van der Waals surface area contributed by atoms with Gasteiger partial charge >= 0.3 is 0 Å². The highest BCUT2D eigenvalue weighted by Gasteiger charge is 2.36. The summed E-state index contributed by atoms with van der Waals surface area (Å²) in [6.07, 6.45) is 8.07. The molecule has 0 bridgehead atoms. The van der Waals surface area contributed by atoms with Crippen molar-refractivity contribution in [3.63, 3.8) is 0 Å². The number of amides is 1. The normalized spacial score (nSPS) is 21.1. The highest BCUT2D eigenvalue weighted by molar-refractivity contribution is 5.94. The van der Waals surface area contributed by atoms with E-state index in [1.54, 1.807) is 0 Å². The van der Waals surface area contributed by atoms with Crippen LogP contribution in [0.1, 0.15) is 60.3 Å². The van der Waals surface area contributed by atoms with Gasteiger partial charge in [-0.2, -0.15) is 5.10 Å². The van der Waals surface area contributed by atoms with Gasteiger partial charge in [0.2, 0.25) is 0 Å². The van der Waals surface area contributed by atoms with Crippen molar-refractivity contribution in [1.82, 2.24) is 15.5 Å². The van der Waals surface area contributed by atoms with E-state index in [0.717, 1.165) is 62.6 Å². The fourth-order valence-corrected chi connectivity index (χ4v) is 3.34. The van der Waals surface area contributed by atoms with Crippen LogP contribution in [0, 0.1) is 0 Å². The van der Waals surface area contributed by atoms with Crippen molar-refractivity contribution in [3.8, 4) is 0 Å². The molecule has 1 amide bonds. The number of rotatable bonds is 3. The van der Waals surface area contributed by atoms with Crippen LogP contribution in [0.3, 0.4) is 0 Å². The third kappa shape index (κ3) is 2.27. The molecule has 0 spiro atoms. The van der Waals surface area contributed by atoms with Crippen molar-refractivity contribution in [3.05, 3.63) is 17.0 Å². The van der Waals surface area contributed by atoms with Gasteiger partial charge in [-0.15, -0.1) is 0 Å². The maximum absolute atomic E-state index is 12.4. The molecule has 0 saturated heterocycles. The molecule has 0 atom stereocenters. The predicted octanol–water partition coefficient (Wildman–Crippen LogP) is 1.32. The Labute approximate surface area is 112 Å². The monoisotopic (exact) mass is 263 g/mol. The Kier molecular flexibility index (Phi) is 3.31. The summed E-state index contributed by atoms with van der Waals surface area (Å²) in [6.45, 7) is 0.0192. The molecule has 5 heteroatoms. The second-order valence-corrected chi connectivity index (χ2v) is 5.84. The van der Waals surface area contributed by atoms with Crippen LogP contribution < -0.4 is 5.32 Å². The number of H-pyrrole nitrogens is 1. The van der Waals surface area contributed by atoms with E-state index >= 15 is 0 Å². The van der Waals surface area contributed by atoms with E-state index in [4.69, 9.17) is 0 Å². The lowest BCUT2D eigenvalue weighted by molar-refractivity contribution is 0.0832. The van der Waals surface area contributed by atoms with E-state index in [2.05, 4.69) is 15.5 Å². The average molecular weight is 263 g/mol. The summed E-state index contributed by atoms with van der Waals surface area (Å²) < 4.78 is 0. The quantitative estimate of drug-likeness (QED) is 0.769. The van der Waals surface area contributed by atoms with Crippen LogP contribution in [-0.4, -0.2) is 33.4 Å². The Morgan fingerprint density at radius 2 is 2.00 bits per heavy atom. The van der Waals surface area contributed by atoms with Gasteiger partial charge in [-0.3, -0.25) is 9.89 Å². The Morgan fingerprint density at radius 1 is 1.26 bits per heavy atom. The van der Waals surface area contributed by atoms with Gasteiger partial charge in [0.25, 0.3) is 5.91 Å². The van der Waals surface area contributed by atoms with Crippen LogP contribution in [0.25, 0.3) is 0 Å². The smallest absolute Gasteiger partial charge is 0.272 e. The van der Waals surface area contributed by atoms with Gasteiger partial charge < -0.3 is 10.4 Å². The van der Waals surface area contributed by atoms with Crippen molar-refractivity contribution in [2.24, 2.45) is 0 Å². The summed E-state index contributed by atoms with van der Waals surface area (Å²) in [7, 11) is 0. The largest absolute Gasteiger partial charge is 0.394 e. The molecule has 1 aromatic rings. The van der Waals surface area contributed by atoms with E-state index in [1.807, 2.05) is 0 Å². The van der Waals surface area contributed by atoms with Gasteiger partial charge in [-0.1, -0.05) is 12.8 Å². The molecular weight excluding hydrogens is 242 g/mol. The third-order valence-corrected chi connectivity index (χ3v) is 4.51. The Balaban J connectivity index is 1.78. The maximum atomic E-state index is 12.4. The van der Waals surface area contributed by atoms with Gasteiger partial charge in [0.05, 0.1) is 12.1 Å². The highest BCUT2D eigenvalue weighted by atomic mass is 16.3. The Morgan fingerprint density at radius 3 is 2.74 bits per heavy atom. The molecular formula is C14H21N3O2. The molecule has 2 aliphatic carbocycles. The van der Waals surface area contributed by atoms with Crippen LogP contribution in [0.5, 0.6) is 0 Å². The molecule has 3 rings (SSSR count). The van der Waals surface area contributed by atoms with Crippen LogP contribution in [0.2, 0.25) is 0 Å². The van der Waals surface area contributed by atoms with Crippen molar-refractivity contribution in [2.45, 2.75) is 56.9 Å². The van der Waals surface area contributed by atoms with E-state index in [-0.39, 0.29) is 12.5 Å². The van der Waals surface area contributed by atoms with Crippen LogP contribution >= 0.6 is 0 Å². The summed E-state index contributed by atoms with van der Waals surface area (Å²) in [5.41, 5.74) is 2.31. The minimum Gasteiger partial charge on any atom is -0.394 e. The molecule has 2 aliphatic rings. The number of carbonyl (C=O) groups is 1. The topological polar surface area (TPSA) is 78.0 Å². The molecule has 0 aromatic carbocycles. The first-order chi connectivity index (χ1) is 9.24. The summed E-state index contributed by atoms with van der Waals surface area (Å²) in [4.78, 5) is 12.4. The molecule has 1 aromatic heterocycles. The van der Waals surface area contributed by atoms with E-state index in [0.29, 0.717) is 5.69 Å². The van der Waals surface area contributed by atoms with Gasteiger partial charge in [0.15, 0.2) is 5.69 Å². The first kappa shape index (κ1) is 12.7. The number of carbonyl (C=O) groups excluding carboxylic acids is 1. The second-order valence-electron chi connectivity index (χ2n) is 5.84. The summed E-state index contributed by atoms with van der Waals surface area (Å²) >= 11 is 0. The fourth-order valence-electron chi connectivity index (χ4n) is 3.34. The highest BCUT2D eigenvalue weighted by Crippen LogP contribution is 2.30. The summed E-state index contributed by atoms with van der Waals surface area (Å²) in [6, 6.07) is 0. The fraction of sp³-hybridized carbons (Fsp3) is 0.714. The number of nitrogens with one attached hydrogen (secondary N) is 2. The van der Waals surface area contributed by atoms with Crippen molar-refractivity contribution < 1.29 is 9.90 Å². The number of aryl methyl sites for hydroxylation is 1. The zero-order valence-corrected chi connectivity index (χ0v) is 11.2. The van der Waals surface area contributed by atoms with E-state index < -0.39 is 5.54 Å². The second kappa shape index (κ2) is 4.96. The number of aliphatic hydroxyl groups is 1. The molecule has 0 aliphatic heterocycles. The molecule has 1 heterocycles. The van der Waals surface area contributed by atoms with Gasteiger partial charge in [-0.25, -0.2) is 0 Å². The Bertz CT molecular complexity index is 475. The van der Waals surface area contributed by atoms with E-state index in [1.165, 1.54) is 0 Å². The lowest BCUT2D eigenvalue weighted by atomic mass is 9.94. The van der Waals surface area contributed by atoms with Crippen LogP contribution in [0.15, 0.2) is 0 Å². The number of aromatic amines is 1. The van der Waals surface area contributed by atoms with Gasteiger partial charge in [0, 0.05) is 11.3 Å². The zero-order valence-electron chi connectivity index (χ0n) is 11.2. The average Bonchev–Trinajstić information content (AvgIpc) is 3.05. The van der Waals surface area contributed by atoms with Gasteiger partial charge in [0.1, 0.15) is 0 Å². The minimum absolute atomic E-state index is 0.0192. The molecule has 0 unspecified atom stereocenters. The standard InChI is InChI=1S/C14H21N3O2/c18-9-14(7-3-4-8-14)15-13(19)12-10-5-1-2-6-11(10)16-17-12/h18H,1-9H2,(H,15,19)(H,16,17). The molecule has 1 fully saturated rings. The lowest BCUT2D eigenvalue weighted by Gasteiger charge is -2.27. The van der Waals surface area contributed by atoms with Crippen LogP contribution in [0.4, 0.5) is 0 Å². The molecule has 0 radical (unpaired) electrons. The van der Waals surface area contributed by atoms with Crippen LogP contribution in [-0.2, 0) is 12.8 Å². The number of hydrogen-bond acceptors (Lipinski definition) is 3. The molecule has 1 saturated carbocycles. The SMILES string of the molecule is O=C(NC1(CO)CCCC1)c1n[nH]c2c1CCCC2. The Hall–Kier alpha value is -1.36. The maximum Gasteiger partial charge on any atom is 0.272 e. The van der Waals surface area contributed by atoms with Gasteiger partial charge in [-0.05, 0) is 38.5 Å². The first-order valence-electron chi connectivity index (χ1n) is 7.24. The molecule has 104 valence electrons. The first-order valence-corrected chi connectivity index (χ1v) is 7.24. The lowest BCUT2D eigenvalue weighted by Crippen LogP contribution is -2.49. The van der Waals surface area contributed by atoms with Crippen molar-refractivity contribution in [1.29, 1.82) is 0 Å². The molecule has 19 heavy (non-hydrogen) atoms. The molecule has 3 N–H and O–H groups in total. The number of fused-ring (bicyclic) bond motifs is 1. The number of hydrogen-bond donors (Lipinski definition) is 3. The van der Waals surface area contributed by atoms with Crippen molar-refractivity contribution in [2.75, 3.05) is 6.61 Å². The van der Waals surface area contributed by atoms with E-state index in [9.17, 15) is 9.90 Å². The zero-order chi connectivity index (χ0) is 13.3. The van der Waals surface area contributed by atoms with Crippen molar-refractivity contribution >= 4 is 5.91 Å².